The Labute approximate surface area is 140 Å². The second-order valence-electron chi connectivity index (χ2n) is 7.48. The molecule has 122 valence electrons. The molecule has 4 N–H and O–H groups in total. The van der Waals surface area contributed by atoms with Gasteiger partial charge in [-0.25, -0.2) is 4.98 Å². The van der Waals surface area contributed by atoms with Crippen molar-refractivity contribution in [1.29, 1.82) is 0 Å². The molecule has 0 saturated carbocycles. The topological polar surface area (TPSA) is 66.2 Å². The van der Waals surface area contributed by atoms with Crippen molar-refractivity contribution in [2.45, 2.75) is 31.1 Å². The molecule has 0 aliphatic carbocycles. The van der Waals surface area contributed by atoms with Crippen LogP contribution >= 0.6 is 11.3 Å². The molecule has 0 radical (unpaired) electrons. The van der Waals surface area contributed by atoms with Crippen molar-refractivity contribution in [3.8, 4) is 0 Å². The molecule has 0 amide bonds. The summed E-state index contributed by atoms with van der Waals surface area (Å²) in [5.41, 5.74) is 9.14. The third-order valence-corrected chi connectivity index (χ3v) is 7.04. The average molecular weight is 329 g/mol. The SMILES string of the molecule is Cc1ccc2nc(C3(N)NCC4(CN5CCC4CC5)N3)sc2c1. The first-order valence-electron chi connectivity index (χ1n) is 8.50. The van der Waals surface area contributed by atoms with Crippen LogP contribution in [-0.4, -0.2) is 41.6 Å². The number of nitrogens with one attached hydrogen (secondary N) is 2. The highest BCUT2D eigenvalue weighted by atomic mass is 32.1. The standard InChI is InChI=1S/C17H23N5S/c1-11-2-3-13-14(8-11)23-15(20-13)17(18)19-9-16(21-17)10-22-6-4-12(16)5-7-22/h2-3,8,12,19,21H,4-7,9-10,18H2,1H3. The van der Waals surface area contributed by atoms with Crippen molar-refractivity contribution >= 4 is 21.6 Å². The molecule has 2 aromatic rings. The van der Waals surface area contributed by atoms with Crippen molar-refractivity contribution in [3.05, 3.63) is 28.8 Å². The molecule has 23 heavy (non-hydrogen) atoms. The number of benzene rings is 1. The lowest BCUT2D eigenvalue weighted by atomic mass is 9.73. The van der Waals surface area contributed by atoms with Crippen LogP contribution in [0.3, 0.4) is 0 Å². The van der Waals surface area contributed by atoms with Gasteiger partial charge in [-0.2, -0.15) is 0 Å². The predicted molar refractivity (Wildman–Crippen MR) is 93.3 cm³/mol. The first-order valence-corrected chi connectivity index (χ1v) is 9.31. The maximum atomic E-state index is 6.73. The third kappa shape index (κ3) is 2.09. The summed E-state index contributed by atoms with van der Waals surface area (Å²) in [4.78, 5) is 7.37. The summed E-state index contributed by atoms with van der Waals surface area (Å²) in [6.07, 6.45) is 2.56. The van der Waals surface area contributed by atoms with Gasteiger partial charge in [0.1, 0.15) is 5.01 Å². The van der Waals surface area contributed by atoms with Crippen molar-refractivity contribution < 1.29 is 0 Å². The van der Waals surface area contributed by atoms with Crippen molar-refractivity contribution in [2.24, 2.45) is 11.7 Å². The van der Waals surface area contributed by atoms with E-state index in [2.05, 4.69) is 40.7 Å². The monoisotopic (exact) mass is 329 g/mol. The van der Waals surface area contributed by atoms with Gasteiger partial charge < -0.3 is 4.90 Å². The number of rotatable bonds is 1. The molecule has 4 saturated heterocycles. The zero-order valence-electron chi connectivity index (χ0n) is 13.4. The zero-order valence-corrected chi connectivity index (χ0v) is 14.2. The van der Waals surface area contributed by atoms with Crippen LogP contribution in [0.25, 0.3) is 10.2 Å². The van der Waals surface area contributed by atoms with Gasteiger partial charge in [-0.3, -0.25) is 16.4 Å². The van der Waals surface area contributed by atoms with Crippen LogP contribution in [0.2, 0.25) is 0 Å². The minimum absolute atomic E-state index is 0.110. The average Bonchev–Trinajstić information content (AvgIpc) is 3.11. The van der Waals surface area contributed by atoms with E-state index in [4.69, 9.17) is 10.7 Å². The van der Waals surface area contributed by atoms with Gasteiger partial charge in [0.25, 0.3) is 0 Å². The number of aromatic nitrogens is 1. The van der Waals surface area contributed by atoms with E-state index < -0.39 is 5.79 Å². The summed E-state index contributed by atoms with van der Waals surface area (Å²) in [6, 6.07) is 6.39. The molecule has 1 aromatic heterocycles. The second kappa shape index (κ2) is 4.74. The first-order chi connectivity index (χ1) is 11.1. The van der Waals surface area contributed by atoms with Crippen LogP contribution in [-0.2, 0) is 5.79 Å². The lowest BCUT2D eigenvalue weighted by Crippen LogP contribution is -2.68. The molecule has 2 bridgehead atoms. The summed E-state index contributed by atoms with van der Waals surface area (Å²) in [5, 5.41) is 8.29. The number of nitrogens with zero attached hydrogens (tertiary/aromatic N) is 2. The van der Waals surface area contributed by atoms with E-state index in [-0.39, 0.29) is 5.54 Å². The fourth-order valence-electron chi connectivity index (χ4n) is 4.62. The van der Waals surface area contributed by atoms with Crippen LogP contribution in [0.1, 0.15) is 23.4 Å². The fraction of sp³-hybridized carbons (Fsp3) is 0.588. The maximum Gasteiger partial charge on any atom is 0.175 e. The van der Waals surface area contributed by atoms with Gasteiger partial charge >= 0.3 is 0 Å². The zero-order chi connectivity index (χ0) is 15.7. The Balaban J connectivity index is 1.50. The highest BCUT2D eigenvalue weighted by molar-refractivity contribution is 7.18. The maximum absolute atomic E-state index is 6.73. The Hall–Kier alpha value is -1.05. The molecule has 1 aromatic carbocycles. The van der Waals surface area contributed by atoms with Gasteiger partial charge in [0.2, 0.25) is 0 Å². The van der Waals surface area contributed by atoms with Crippen LogP contribution in [0.4, 0.5) is 0 Å². The Morgan fingerprint density at radius 1 is 1.35 bits per heavy atom. The number of thiazole rings is 1. The summed E-state index contributed by atoms with van der Waals surface area (Å²) in [5.74, 6) is 0.0259. The number of nitrogens with two attached hydrogens (primary N) is 1. The van der Waals surface area contributed by atoms with Crippen LogP contribution in [0.15, 0.2) is 18.2 Å². The molecule has 5 heterocycles. The van der Waals surface area contributed by atoms with E-state index >= 15 is 0 Å². The normalized spacial score (nSPS) is 39.6. The highest BCUT2D eigenvalue weighted by Crippen LogP contribution is 2.40. The summed E-state index contributed by atoms with van der Waals surface area (Å²) in [7, 11) is 0. The van der Waals surface area contributed by atoms with E-state index in [9.17, 15) is 0 Å². The smallest absolute Gasteiger partial charge is 0.175 e. The van der Waals surface area contributed by atoms with Gasteiger partial charge in [-0.1, -0.05) is 6.07 Å². The highest BCUT2D eigenvalue weighted by Gasteiger charge is 2.55. The number of aryl methyl sites for hydroxylation is 1. The van der Waals surface area contributed by atoms with E-state index in [0.29, 0.717) is 0 Å². The van der Waals surface area contributed by atoms with Gasteiger partial charge in [-0.05, 0) is 56.5 Å². The minimum Gasteiger partial charge on any atom is -0.301 e. The Morgan fingerprint density at radius 3 is 2.91 bits per heavy atom. The summed E-state index contributed by atoms with van der Waals surface area (Å²) >= 11 is 1.70. The van der Waals surface area contributed by atoms with Crippen molar-refractivity contribution in [1.82, 2.24) is 20.5 Å². The Kier molecular flexibility index (Phi) is 2.95. The lowest BCUT2D eigenvalue weighted by Gasteiger charge is -2.52. The molecule has 2 atom stereocenters. The first kappa shape index (κ1) is 14.3. The molecule has 6 rings (SSSR count). The molecule has 4 fully saturated rings. The largest absolute Gasteiger partial charge is 0.301 e. The van der Waals surface area contributed by atoms with Crippen molar-refractivity contribution in [3.63, 3.8) is 0 Å². The van der Waals surface area contributed by atoms with Crippen LogP contribution in [0, 0.1) is 12.8 Å². The third-order valence-electron chi connectivity index (χ3n) is 5.88. The number of piperidine rings is 3. The molecule has 4 aliphatic heterocycles. The molecule has 6 heteroatoms. The van der Waals surface area contributed by atoms with Crippen LogP contribution < -0.4 is 16.4 Å². The Bertz CT molecular complexity index is 765. The van der Waals surface area contributed by atoms with E-state index in [0.717, 1.165) is 29.5 Å². The van der Waals surface area contributed by atoms with E-state index in [1.165, 1.54) is 36.2 Å². The lowest BCUT2D eigenvalue weighted by molar-refractivity contribution is 0.0160. The van der Waals surface area contributed by atoms with Gasteiger partial charge in [0.05, 0.1) is 10.2 Å². The molecular formula is C17H23N5S. The fourth-order valence-corrected chi connectivity index (χ4v) is 5.72. The second-order valence-corrected chi connectivity index (χ2v) is 8.51. The summed E-state index contributed by atoms with van der Waals surface area (Å²) in [6.45, 7) is 6.64. The minimum atomic E-state index is -0.698. The number of fused-ring (bicyclic) bond motifs is 3. The predicted octanol–water partition coefficient (Wildman–Crippen LogP) is 1.33. The van der Waals surface area contributed by atoms with Crippen LogP contribution in [0.5, 0.6) is 0 Å². The molecule has 5 nitrogen and oxygen atoms in total. The van der Waals surface area contributed by atoms with Gasteiger partial charge in [0.15, 0.2) is 5.79 Å². The Morgan fingerprint density at radius 2 is 2.17 bits per heavy atom. The van der Waals surface area contributed by atoms with Crippen molar-refractivity contribution in [2.75, 3.05) is 26.2 Å². The molecule has 4 aliphatic rings. The van der Waals surface area contributed by atoms with E-state index in [1.807, 2.05) is 0 Å². The number of hydrogen-bond acceptors (Lipinski definition) is 6. The molecule has 2 unspecified atom stereocenters. The quantitative estimate of drug-likeness (QED) is 0.737. The van der Waals surface area contributed by atoms with Gasteiger partial charge in [-0.15, -0.1) is 11.3 Å². The molecule has 1 spiro atoms. The summed E-state index contributed by atoms with van der Waals surface area (Å²) < 4.78 is 1.21. The molecular weight excluding hydrogens is 306 g/mol. The van der Waals surface area contributed by atoms with E-state index in [1.54, 1.807) is 11.3 Å². The number of hydrogen-bond donors (Lipinski definition) is 3. The van der Waals surface area contributed by atoms with Gasteiger partial charge in [0, 0.05) is 18.6 Å².